The van der Waals surface area contributed by atoms with Gasteiger partial charge in [-0.15, -0.1) is 0 Å². The molecular weight excluding hydrogens is 508 g/mol. The van der Waals surface area contributed by atoms with Crippen molar-refractivity contribution in [3.05, 3.63) is 70.9 Å². The van der Waals surface area contributed by atoms with Gasteiger partial charge in [-0.25, -0.2) is 18.6 Å². The second kappa shape index (κ2) is 12.8. The third kappa shape index (κ3) is 7.82. The Morgan fingerprint density at radius 2 is 1.95 bits per heavy atom. The van der Waals surface area contributed by atoms with Crippen molar-refractivity contribution in [2.75, 3.05) is 18.5 Å². The van der Waals surface area contributed by atoms with Crippen LogP contribution >= 0.6 is 11.6 Å². The number of aliphatic hydroxyl groups is 2. The van der Waals surface area contributed by atoms with Crippen molar-refractivity contribution in [3.63, 3.8) is 0 Å². The number of carbonyl (C=O) groups excluding carboxylic acids is 2. The monoisotopic (exact) mass is 535 g/mol. The van der Waals surface area contributed by atoms with Crippen LogP contribution in [0.3, 0.4) is 0 Å². The highest BCUT2D eigenvalue weighted by Gasteiger charge is 2.33. The first-order valence-electron chi connectivity index (χ1n) is 11.6. The van der Waals surface area contributed by atoms with Crippen LogP contribution in [-0.4, -0.2) is 46.5 Å². The van der Waals surface area contributed by atoms with Crippen LogP contribution in [0.25, 0.3) is 10.8 Å². The lowest BCUT2D eigenvalue weighted by atomic mass is 9.80. The summed E-state index contributed by atoms with van der Waals surface area (Å²) in [6.45, 7) is 1.01. The molecule has 2 aromatic carbocycles. The Balaban J connectivity index is 1.60. The van der Waals surface area contributed by atoms with Gasteiger partial charge in [-0.3, -0.25) is 10.1 Å². The molecule has 37 heavy (non-hydrogen) atoms. The Morgan fingerprint density at radius 1 is 1.16 bits per heavy atom. The van der Waals surface area contributed by atoms with E-state index in [9.17, 15) is 23.5 Å². The average Bonchev–Trinajstić information content (AvgIpc) is 2.87. The Kier molecular flexibility index (Phi) is 9.73. The van der Waals surface area contributed by atoms with Crippen LogP contribution in [0, 0.1) is 17.0 Å². The van der Waals surface area contributed by atoms with Crippen molar-refractivity contribution >= 4 is 40.2 Å². The summed E-state index contributed by atoms with van der Waals surface area (Å²) in [5.74, 6) is -1.27. The molecule has 0 saturated heterocycles. The van der Waals surface area contributed by atoms with E-state index in [1.165, 1.54) is 36.5 Å². The Hall–Kier alpha value is -3.34. The van der Waals surface area contributed by atoms with Gasteiger partial charge in [0, 0.05) is 23.5 Å². The first-order valence-corrected chi connectivity index (χ1v) is 12.0. The lowest BCUT2D eigenvalue weighted by Crippen LogP contribution is -2.40. The molecule has 0 radical (unpaired) electrons. The van der Waals surface area contributed by atoms with Gasteiger partial charge in [-0.2, -0.15) is 0 Å². The van der Waals surface area contributed by atoms with Crippen LogP contribution in [0.15, 0.2) is 48.7 Å². The number of ether oxygens (including phenoxy) is 1. The number of rotatable bonds is 11. The standard InChI is InChI=1S/C26H28ClF2N3O5/c1-26(8-7-20(34)15-33,24(35)31-14-17-3-2-4-21(29)23(17)27)9-10-37-25(36)32-22-12-18-11-19(28)6-5-16(18)13-30-22/h2-6,11-13,20,33-34H,7-10,14-15H2,1H3,(H,31,35)(H,30,32,36). The summed E-state index contributed by atoms with van der Waals surface area (Å²) < 4.78 is 32.4. The molecule has 0 aliphatic heterocycles. The van der Waals surface area contributed by atoms with Crippen molar-refractivity contribution in [2.45, 2.75) is 38.8 Å². The second-order valence-electron chi connectivity index (χ2n) is 8.90. The first kappa shape index (κ1) is 28.2. The van der Waals surface area contributed by atoms with Crippen LogP contribution in [0.1, 0.15) is 31.7 Å². The second-order valence-corrected chi connectivity index (χ2v) is 9.28. The predicted octanol–water partition coefficient (Wildman–Crippen LogP) is 4.56. The number of nitrogens with zero attached hydrogens (tertiary/aromatic N) is 1. The van der Waals surface area contributed by atoms with Crippen LogP contribution < -0.4 is 10.6 Å². The van der Waals surface area contributed by atoms with E-state index in [0.29, 0.717) is 16.3 Å². The zero-order valence-corrected chi connectivity index (χ0v) is 20.9. The predicted molar refractivity (Wildman–Crippen MR) is 135 cm³/mol. The van der Waals surface area contributed by atoms with Gasteiger partial charge in [0.25, 0.3) is 0 Å². The third-order valence-corrected chi connectivity index (χ3v) is 6.48. The molecule has 198 valence electrons. The minimum absolute atomic E-state index is 0.0247. The summed E-state index contributed by atoms with van der Waals surface area (Å²) in [5.41, 5.74) is -0.694. The fourth-order valence-electron chi connectivity index (χ4n) is 3.69. The van der Waals surface area contributed by atoms with E-state index < -0.39 is 41.8 Å². The van der Waals surface area contributed by atoms with Crippen molar-refractivity contribution in [1.82, 2.24) is 10.3 Å². The highest BCUT2D eigenvalue weighted by molar-refractivity contribution is 6.31. The quantitative estimate of drug-likeness (QED) is 0.286. The number of aromatic nitrogens is 1. The third-order valence-electron chi connectivity index (χ3n) is 6.06. The molecule has 4 N–H and O–H groups in total. The molecule has 0 aliphatic carbocycles. The van der Waals surface area contributed by atoms with Crippen LogP contribution in [-0.2, 0) is 16.1 Å². The van der Waals surface area contributed by atoms with Gasteiger partial charge in [0.05, 0.1) is 24.3 Å². The van der Waals surface area contributed by atoms with Gasteiger partial charge in [-0.1, -0.05) is 30.7 Å². The van der Waals surface area contributed by atoms with Gasteiger partial charge < -0.3 is 20.3 Å². The number of hydrogen-bond donors (Lipinski definition) is 4. The summed E-state index contributed by atoms with van der Waals surface area (Å²) >= 11 is 5.96. The molecule has 1 aromatic heterocycles. The number of anilines is 1. The van der Waals surface area contributed by atoms with Gasteiger partial charge in [-0.05, 0) is 60.5 Å². The zero-order valence-electron chi connectivity index (χ0n) is 20.1. The number of fused-ring (bicyclic) bond motifs is 1. The topological polar surface area (TPSA) is 121 Å². The normalized spacial score (nSPS) is 13.6. The van der Waals surface area contributed by atoms with E-state index in [4.69, 9.17) is 21.4 Å². The molecule has 3 aromatic rings. The summed E-state index contributed by atoms with van der Waals surface area (Å²) in [7, 11) is 0. The molecule has 2 unspecified atom stereocenters. The van der Waals surface area contributed by atoms with Gasteiger partial charge in [0.15, 0.2) is 0 Å². The van der Waals surface area contributed by atoms with Gasteiger partial charge >= 0.3 is 6.09 Å². The van der Waals surface area contributed by atoms with Gasteiger partial charge in [0.1, 0.15) is 17.5 Å². The van der Waals surface area contributed by atoms with E-state index in [-0.39, 0.29) is 43.3 Å². The zero-order chi connectivity index (χ0) is 27.0. The molecule has 8 nitrogen and oxygen atoms in total. The van der Waals surface area contributed by atoms with E-state index in [2.05, 4.69) is 15.6 Å². The van der Waals surface area contributed by atoms with Crippen molar-refractivity contribution < 1.29 is 33.3 Å². The van der Waals surface area contributed by atoms with Crippen molar-refractivity contribution in [3.8, 4) is 0 Å². The van der Waals surface area contributed by atoms with E-state index in [0.717, 1.165) is 0 Å². The molecule has 0 bridgehead atoms. The largest absolute Gasteiger partial charge is 0.449 e. The minimum atomic E-state index is -1.09. The molecule has 0 spiro atoms. The summed E-state index contributed by atoms with van der Waals surface area (Å²) in [5, 5.41) is 25.3. The first-order chi connectivity index (χ1) is 17.6. The minimum Gasteiger partial charge on any atom is -0.449 e. The highest BCUT2D eigenvalue weighted by Crippen LogP contribution is 2.30. The number of nitrogens with one attached hydrogen (secondary N) is 2. The number of halogens is 3. The van der Waals surface area contributed by atoms with Gasteiger partial charge in [0.2, 0.25) is 5.91 Å². The molecule has 11 heteroatoms. The Labute approximate surface area is 217 Å². The number of hydrogen-bond acceptors (Lipinski definition) is 6. The summed E-state index contributed by atoms with van der Waals surface area (Å²) in [6, 6.07) is 9.98. The lowest BCUT2D eigenvalue weighted by molar-refractivity contribution is -0.132. The highest BCUT2D eigenvalue weighted by atomic mass is 35.5. The molecule has 2 atom stereocenters. The SMILES string of the molecule is CC(CCOC(=O)Nc1cc2cc(F)ccc2cn1)(CCC(O)CO)C(=O)NCc1cccc(F)c1Cl. The molecule has 1 heterocycles. The maximum Gasteiger partial charge on any atom is 0.412 e. The van der Waals surface area contributed by atoms with Crippen molar-refractivity contribution in [1.29, 1.82) is 0 Å². The number of aliphatic hydroxyl groups excluding tert-OH is 2. The van der Waals surface area contributed by atoms with Crippen molar-refractivity contribution in [2.24, 2.45) is 5.41 Å². The molecule has 3 rings (SSSR count). The van der Waals surface area contributed by atoms with E-state index in [1.807, 2.05) is 0 Å². The maximum atomic E-state index is 13.7. The fraction of sp³-hybridized carbons (Fsp3) is 0.346. The summed E-state index contributed by atoms with van der Waals surface area (Å²) in [4.78, 5) is 29.5. The Morgan fingerprint density at radius 3 is 2.70 bits per heavy atom. The van der Waals surface area contributed by atoms with Crippen LogP contribution in [0.2, 0.25) is 5.02 Å². The Bertz CT molecular complexity index is 1260. The average molecular weight is 536 g/mol. The number of pyridine rings is 1. The maximum absolute atomic E-state index is 13.7. The summed E-state index contributed by atoms with van der Waals surface area (Å²) in [6.07, 6.45) is 0.0667. The molecule has 0 saturated carbocycles. The number of carbonyl (C=O) groups is 2. The number of benzene rings is 2. The fourth-order valence-corrected chi connectivity index (χ4v) is 3.89. The molecule has 2 amide bonds. The van der Waals surface area contributed by atoms with E-state index in [1.54, 1.807) is 19.1 Å². The van der Waals surface area contributed by atoms with Crippen LogP contribution in [0.4, 0.5) is 19.4 Å². The molecule has 0 aliphatic rings. The number of amides is 2. The molecule has 0 fully saturated rings. The van der Waals surface area contributed by atoms with E-state index >= 15 is 0 Å². The van der Waals surface area contributed by atoms with Crippen LogP contribution in [0.5, 0.6) is 0 Å². The smallest absolute Gasteiger partial charge is 0.412 e. The lowest BCUT2D eigenvalue weighted by Gasteiger charge is -2.29. The molecular formula is C26H28ClF2N3O5.